The standard InChI is InChI=1S/C12H15N3OS/c1-10(16)14-4-6-15(7-5-14)11(9-13)12-3-2-8-17-12/h2-3,8,11H,4-7H2,1H3. The number of piperazine rings is 1. The van der Waals surface area contributed by atoms with E-state index in [1.54, 1.807) is 18.3 Å². The summed E-state index contributed by atoms with van der Waals surface area (Å²) in [5.41, 5.74) is 0. The first-order chi connectivity index (χ1) is 8.22. The number of carbonyl (C=O) groups is 1. The van der Waals surface area contributed by atoms with Crippen LogP contribution in [0.4, 0.5) is 0 Å². The predicted molar refractivity (Wildman–Crippen MR) is 66.5 cm³/mol. The molecular weight excluding hydrogens is 234 g/mol. The van der Waals surface area contributed by atoms with Gasteiger partial charge in [0.05, 0.1) is 6.07 Å². The van der Waals surface area contributed by atoms with E-state index in [1.165, 1.54) is 0 Å². The molecule has 2 heterocycles. The van der Waals surface area contributed by atoms with E-state index >= 15 is 0 Å². The minimum atomic E-state index is -0.163. The Labute approximate surface area is 105 Å². The van der Waals surface area contributed by atoms with Gasteiger partial charge in [0.1, 0.15) is 6.04 Å². The smallest absolute Gasteiger partial charge is 0.219 e. The van der Waals surface area contributed by atoms with Gasteiger partial charge in [-0.3, -0.25) is 9.69 Å². The van der Waals surface area contributed by atoms with E-state index in [2.05, 4.69) is 11.0 Å². The molecule has 90 valence electrons. The average molecular weight is 249 g/mol. The second kappa shape index (κ2) is 5.30. The molecule has 1 atom stereocenters. The zero-order chi connectivity index (χ0) is 12.3. The van der Waals surface area contributed by atoms with Crippen LogP contribution < -0.4 is 0 Å². The molecule has 0 saturated carbocycles. The highest BCUT2D eigenvalue weighted by Gasteiger charge is 2.26. The molecule has 1 saturated heterocycles. The van der Waals surface area contributed by atoms with Crippen molar-refractivity contribution < 1.29 is 4.79 Å². The van der Waals surface area contributed by atoms with Gasteiger partial charge >= 0.3 is 0 Å². The Morgan fingerprint density at radius 2 is 2.18 bits per heavy atom. The van der Waals surface area contributed by atoms with Crippen LogP contribution in [0.3, 0.4) is 0 Å². The molecule has 1 aliphatic rings. The van der Waals surface area contributed by atoms with Crippen molar-refractivity contribution in [2.75, 3.05) is 26.2 Å². The van der Waals surface area contributed by atoms with Crippen LogP contribution in [0.25, 0.3) is 0 Å². The first-order valence-corrected chi connectivity index (χ1v) is 6.53. The van der Waals surface area contributed by atoms with Crippen LogP contribution in [0.15, 0.2) is 17.5 Å². The van der Waals surface area contributed by atoms with Crippen molar-refractivity contribution in [3.63, 3.8) is 0 Å². The lowest BCUT2D eigenvalue weighted by Crippen LogP contribution is -2.48. The molecule has 1 aromatic heterocycles. The van der Waals surface area contributed by atoms with Gasteiger partial charge in [-0.2, -0.15) is 5.26 Å². The first kappa shape index (κ1) is 12.1. The Morgan fingerprint density at radius 1 is 1.47 bits per heavy atom. The lowest BCUT2D eigenvalue weighted by Gasteiger charge is -2.36. The van der Waals surface area contributed by atoms with E-state index < -0.39 is 0 Å². The molecule has 2 rings (SSSR count). The Morgan fingerprint density at radius 3 is 2.65 bits per heavy atom. The largest absolute Gasteiger partial charge is 0.340 e. The van der Waals surface area contributed by atoms with Gasteiger partial charge < -0.3 is 4.90 Å². The quantitative estimate of drug-likeness (QED) is 0.797. The Balaban J connectivity index is 2.00. The van der Waals surface area contributed by atoms with Crippen LogP contribution in [0.1, 0.15) is 17.8 Å². The summed E-state index contributed by atoms with van der Waals surface area (Å²) < 4.78 is 0. The molecule has 1 unspecified atom stereocenters. The minimum Gasteiger partial charge on any atom is -0.340 e. The lowest BCUT2D eigenvalue weighted by molar-refractivity contribution is -0.130. The lowest BCUT2D eigenvalue weighted by atomic mass is 10.2. The van der Waals surface area contributed by atoms with Crippen LogP contribution in [-0.4, -0.2) is 41.9 Å². The number of nitriles is 1. The highest BCUT2D eigenvalue weighted by molar-refractivity contribution is 7.10. The van der Waals surface area contributed by atoms with Gasteiger partial charge in [0, 0.05) is 38.0 Å². The molecule has 0 bridgehead atoms. The number of nitrogens with zero attached hydrogens (tertiary/aromatic N) is 3. The third-order valence-electron chi connectivity index (χ3n) is 3.06. The topological polar surface area (TPSA) is 47.3 Å². The number of amides is 1. The third-order valence-corrected chi connectivity index (χ3v) is 3.98. The molecule has 17 heavy (non-hydrogen) atoms. The second-order valence-corrected chi connectivity index (χ2v) is 5.07. The molecule has 4 nitrogen and oxygen atoms in total. The highest BCUT2D eigenvalue weighted by Crippen LogP contribution is 2.25. The van der Waals surface area contributed by atoms with Crippen molar-refractivity contribution in [2.45, 2.75) is 13.0 Å². The van der Waals surface area contributed by atoms with Gasteiger partial charge in [0.15, 0.2) is 0 Å². The van der Waals surface area contributed by atoms with Gasteiger partial charge in [-0.15, -0.1) is 11.3 Å². The van der Waals surface area contributed by atoms with Crippen LogP contribution in [-0.2, 0) is 4.79 Å². The Kier molecular flexibility index (Phi) is 3.77. The number of hydrogen-bond donors (Lipinski definition) is 0. The molecule has 5 heteroatoms. The molecule has 0 aromatic carbocycles. The second-order valence-electron chi connectivity index (χ2n) is 4.09. The van der Waals surface area contributed by atoms with Crippen LogP contribution >= 0.6 is 11.3 Å². The Bertz CT molecular complexity index is 415. The van der Waals surface area contributed by atoms with Crippen LogP contribution in [0, 0.1) is 11.3 Å². The maximum atomic E-state index is 11.2. The fourth-order valence-electron chi connectivity index (χ4n) is 2.07. The zero-order valence-corrected chi connectivity index (χ0v) is 10.6. The maximum absolute atomic E-state index is 11.2. The van der Waals surface area contributed by atoms with E-state index in [-0.39, 0.29) is 11.9 Å². The highest BCUT2D eigenvalue weighted by atomic mass is 32.1. The van der Waals surface area contributed by atoms with Crippen molar-refractivity contribution in [3.05, 3.63) is 22.4 Å². The molecule has 0 radical (unpaired) electrons. The van der Waals surface area contributed by atoms with Gasteiger partial charge in [-0.1, -0.05) is 6.07 Å². The van der Waals surface area contributed by atoms with Gasteiger partial charge in [-0.05, 0) is 11.4 Å². The van der Waals surface area contributed by atoms with E-state index in [0.717, 1.165) is 31.1 Å². The fraction of sp³-hybridized carbons (Fsp3) is 0.500. The summed E-state index contributed by atoms with van der Waals surface area (Å²) in [7, 11) is 0. The van der Waals surface area contributed by atoms with E-state index in [1.807, 2.05) is 22.4 Å². The first-order valence-electron chi connectivity index (χ1n) is 5.65. The SMILES string of the molecule is CC(=O)N1CCN(C(C#N)c2cccs2)CC1. The summed E-state index contributed by atoms with van der Waals surface area (Å²) in [4.78, 5) is 16.3. The molecule has 0 spiro atoms. The van der Waals surface area contributed by atoms with Crippen molar-refractivity contribution in [2.24, 2.45) is 0 Å². The summed E-state index contributed by atoms with van der Waals surface area (Å²) in [6.07, 6.45) is 0. The Hall–Kier alpha value is -1.38. The van der Waals surface area contributed by atoms with E-state index in [0.29, 0.717) is 0 Å². The zero-order valence-electron chi connectivity index (χ0n) is 9.80. The molecule has 1 fully saturated rings. The molecule has 1 amide bonds. The van der Waals surface area contributed by atoms with Gasteiger partial charge in [0.25, 0.3) is 0 Å². The number of hydrogen-bond acceptors (Lipinski definition) is 4. The molecular formula is C12H15N3OS. The summed E-state index contributed by atoms with van der Waals surface area (Å²) in [6, 6.07) is 6.15. The summed E-state index contributed by atoms with van der Waals surface area (Å²) in [5, 5.41) is 11.3. The van der Waals surface area contributed by atoms with Gasteiger partial charge in [-0.25, -0.2) is 0 Å². The van der Waals surface area contributed by atoms with Crippen molar-refractivity contribution in [1.29, 1.82) is 5.26 Å². The summed E-state index contributed by atoms with van der Waals surface area (Å²) >= 11 is 1.61. The van der Waals surface area contributed by atoms with E-state index in [9.17, 15) is 10.1 Å². The predicted octanol–water partition coefficient (Wildman–Crippen LogP) is 1.48. The molecule has 0 N–H and O–H groups in total. The summed E-state index contributed by atoms with van der Waals surface area (Å²) in [6.45, 7) is 4.58. The monoisotopic (exact) mass is 249 g/mol. The van der Waals surface area contributed by atoms with Crippen molar-refractivity contribution in [3.8, 4) is 6.07 Å². The average Bonchev–Trinajstić information content (AvgIpc) is 2.84. The minimum absolute atomic E-state index is 0.120. The van der Waals surface area contributed by atoms with Gasteiger partial charge in [0.2, 0.25) is 5.91 Å². The number of rotatable bonds is 2. The van der Waals surface area contributed by atoms with E-state index in [4.69, 9.17) is 0 Å². The number of carbonyl (C=O) groups excluding carboxylic acids is 1. The molecule has 1 aromatic rings. The normalized spacial score (nSPS) is 18.7. The van der Waals surface area contributed by atoms with Crippen LogP contribution in [0.2, 0.25) is 0 Å². The van der Waals surface area contributed by atoms with Crippen molar-refractivity contribution in [1.82, 2.24) is 9.80 Å². The molecule has 1 aliphatic heterocycles. The fourth-order valence-corrected chi connectivity index (χ4v) is 2.87. The summed E-state index contributed by atoms with van der Waals surface area (Å²) in [5.74, 6) is 0.120. The third kappa shape index (κ3) is 2.65. The number of thiophene rings is 1. The molecule has 0 aliphatic carbocycles. The van der Waals surface area contributed by atoms with Crippen LogP contribution in [0.5, 0.6) is 0 Å². The maximum Gasteiger partial charge on any atom is 0.219 e. The van der Waals surface area contributed by atoms with Crippen molar-refractivity contribution >= 4 is 17.2 Å².